The molecule has 0 radical (unpaired) electrons. The van der Waals surface area contributed by atoms with Crippen LogP contribution >= 0.6 is 0 Å². The highest BCUT2D eigenvalue weighted by molar-refractivity contribution is 6.06. The number of benzene rings is 3. The molecule has 1 atom stereocenters. The maximum absolute atomic E-state index is 11.0. The molecule has 1 heterocycles. The van der Waals surface area contributed by atoms with Gasteiger partial charge >= 0.3 is 0 Å². The Kier molecular flexibility index (Phi) is 4.32. The van der Waals surface area contributed by atoms with Gasteiger partial charge in [-0.2, -0.15) is 0 Å². The van der Waals surface area contributed by atoms with Crippen molar-refractivity contribution >= 4 is 17.2 Å². The number of amidine groups is 1. The van der Waals surface area contributed by atoms with E-state index in [1.54, 1.807) is 0 Å². The van der Waals surface area contributed by atoms with Gasteiger partial charge < -0.3 is 10.0 Å². The van der Waals surface area contributed by atoms with Crippen LogP contribution in [-0.4, -0.2) is 5.84 Å². The summed E-state index contributed by atoms with van der Waals surface area (Å²) in [4.78, 5) is 7.10. The average molecular weight is 327 g/mol. The first-order chi connectivity index (χ1) is 12.3. The van der Waals surface area contributed by atoms with Crippen LogP contribution in [-0.2, 0) is 6.61 Å². The molecule has 3 aromatic rings. The summed E-state index contributed by atoms with van der Waals surface area (Å²) < 4.78 is 0. The smallest absolute Gasteiger partial charge is 0.112 e. The molecule has 0 spiro atoms. The van der Waals surface area contributed by atoms with E-state index in [1.807, 2.05) is 60.7 Å². The van der Waals surface area contributed by atoms with E-state index < -0.39 is 0 Å². The maximum Gasteiger partial charge on any atom is 0.112 e. The van der Waals surface area contributed by atoms with Crippen molar-refractivity contribution in [1.82, 2.24) is 0 Å². The van der Waals surface area contributed by atoms with Crippen LogP contribution in [0.4, 0.5) is 11.4 Å². The molecule has 0 aliphatic carbocycles. The summed E-state index contributed by atoms with van der Waals surface area (Å²) in [5.74, 6) is 1.07. The second kappa shape index (κ2) is 6.91. The lowest BCUT2D eigenvalue weighted by Crippen LogP contribution is -2.46. The average Bonchev–Trinajstić information content (AvgIpc) is 2.67. The summed E-state index contributed by atoms with van der Waals surface area (Å²) in [5, 5.41) is 11.0. The molecule has 3 aromatic carbocycles. The molecule has 1 saturated heterocycles. The van der Waals surface area contributed by atoms with Gasteiger partial charge in [0, 0.05) is 12.1 Å². The molecule has 0 amide bonds. The maximum atomic E-state index is 11.0. The van der Waals surface area contributed by atoms with Gasteiger partial charge in [-0.1, -0.05) is 66.2 Å². The third-order valence-corrected chi connectivity index (χ3v) is 4.55. The lowest BCUT2D eigenvalue weighted by Gasteiger charge is -2.44. The molecular formula is C22H19N2O-. The molecule has 0 saturated carbocycles. The van der Waals surface area contributed by atoms with Crippen LogP contribution in [0.5, 0.6) is 0 Å². The van der Waals surface area contributed by atoms with Crippen molar-refractivity contribution in [3.05, 3.63) is 96.1 Å². The van der Waals surface area contributed by atoms with Crippen molar-refractivity contribution in [2.75, 3.05) is 4.90 Å². The van der Waals surface area contributed by atoms with Crippen LogP contribution in [0.25, 0.3) is 0 Å². The van der Waals surface area contributed by atoms with E-state index in [2.05, 4.69) is 29.2 Å². The third-order valence-electron chi connectivity index (χ3n) is 4.55. The van der Waals surface area contributed by atoms with Crippen LogP contribution in [0, 0.1) is 0 Å². The molecular weight excluding hydrogens is 308 g/mol. The van der Waals surface area contributed by atoms with Crippen molar-refractivity contribution in [2.45, 2.75) is 19.1 Å². The van der Waals surface area contributed by atoms with Gasteiger partial charge in [-0.05, 0) is 29.8 Å². The Morgan fingerprint density at radius 2 is 1.48 bits per heavy atom. The summed E-state index contributed by atoms with van der Waals surface area (Å²) in [5.41, 5.74) is 4.15. The first kappa shape index (κ1) is 15.6. The van der Waals surface area contributed by atoms with Gasteiger partial charge in [-0.25, -0.2) is 4.99 Å². The van der Waals surface area contributed by atoms with Crippen LogP contribution in [0.2, 0.25) is 0 Å². The number of anilines is 1. The number of hydrogen-bond donors (Lipinski definition) is 0. The second-order valence-corrected chi connectivity index (χ2v) is 6.17. The second-order valence-electron chi connectivity index (χ2n) is 6.17. The van der Waals surface area contributed by atoms with Crippen LogP contribution < -0.4 is 10.0 Å². The highest BCUT2D eigenvalue weighted by Crippen LogP contribution is 2.40. The Bertz CT molecular complexity index is 858. The van der Waals surface area contributed by atoms with Gasteiger partial charge in [0.25, 0.3) is 0 Å². The molecule has 124 valence electrons. The number of nitrogens with zero attached hydrogens (tertiary/aromatic N) is 2. The number of aliphatic imine (C=N–C) groups is 1. The van der Waals surface area contributed by atoms with Crippen molar-refractivity contribution < 1.29 is 5.11 Å². The molecule has 1 aliphatic rings. The van der Waals surface area contributed by atoms with E-state index in [0.29, 0.717) is 0 Å². The van der Waals surface area contributed by atoms with Gasteiger partial charge in [0.15, 0.2) is 0 Å². The van der Waals surface area contributed by atoms with Gasteiger partial charge in [-0.15, -0.1) is 6.61 Å². The molecule has 3 nitrogen and oxygen atoms in total. The number of rotatable bonds is 4. The molecule has 4 rings (SSSR count). The topological polar surface area (TPSA) is 38.7 Å². The summed E-state index contributed by atoms with van der Waals surface area (Å²) in [6.45, 7) is -0.173. The van der Waals surface area contributed by atoms with E-state index >= 15 is 0 Å². The van der Waals surface area contributed by atoms with Gasteiger partial charge in [0.1, 0.15) is 5.84 Å². The predicted octanol–water partition coefficient (Wildman–Crippen LogP) is 4.23. The van der Waals surface area contributed by atoms with Crippen molar-refractivity contribution in [3.8, 4) is 0 Å². The van der Waals surface area contributed by atoms with Crippen molar-refractivity contribution in [3.63, 3.8) is 0 Å². The zero-order valence-corrected chi connectivity index (χ0v) is 13.9. The van der Waals surface area contributed by atoms with E-state index in [1.165, 1.54) is 5.56 Å². The largest absolute Gasteiger partial charge is 0.851 e. The quantitative estimate of drug-likeness (QED) is 0.719. The van der Waals surface area contributed by atoms with Gasteiger partial charge in [0.2, 0.25) is 0 Å². The Hall–Kier alpha value is -2.91. The van der Waals surface area contributed by atoms with Crippen LogP contribution in [0.1, 0.15) is 23.6 Å². The van der Waals surface area contributed by atoms with Crippen LogP contribution in [0.15, 0.2) is 89.9 Å². The molecule has 0 N–H and O–H groups in total. The number of para-hydroxylation sites is 2. The normalized spacial score (nSPS) is 18.2. The lowest BCUT2D eigenvalue weighted by atomic mass is 9.91. The minimum absolute atomic E-state index is 0.173. The highest BCUT2D eigenvalue weighted by atomic mass is 16.3. The Morgan fingerprint density at radius 1 is 0.840 bits per heavy atom. The Labute approximate surface area is 147 Å². The zero-order valence-electron chi connectivity index (χ0n) is 13.9. The fourth-order valence-electron chi connectivity index (χ4n) is 3.20. The van der Waals surface area contributed by atoms with Gasteiger partial charge in [-0.3, -0.25) is 0 Å². The molecule has 1 aliphatic heterocycles. The first-order valence-electron chi connectivity index (χ1n) is 8.49. The number of hydrogen-bond acceptors (Lipinski definition) is 2. The molecule has 1 unspecified atom stereocenters. The van der Waals surface area contributed by atoms with E-state index in [-0.39, 0.29) is 12.6 Å². The minimum atomic E-state index is -0.173. The summed E-state index contributed by atoms with van der Waals surface area (Å²) in [6.07, 6.45) is 0.889. The highest BCUT2D eigenvalue weighted by Gasteiger charge is 2.36. The van der Waals surface area contributed by atoms with E-state index in [9.17, 15) is 5.11 Å². The Balaban J connectivity index is 1.67. The minimum Gasteiger partial charge on any atom is -0.851 e. The van der Waals surface area contributed by atoms with Crippen LogP contribution in [0.3, 0.4) is 0 Å². The lowest BCUT2D eigenvalue weighted by molar-refractivity contribution is -0.386. The molecule has 0 bridgehead atoms. The predicted molar refractivity (Wildman–Crippen MR) is 100.0 cm³/mol. The SMILES string of the molecule is [O-]Cc1ccc(C2CC(=Nc3ccccc3)N2c2ccccc2)cc1. The third kappa shape index (κ3) is 3.19. The zero-order chi connectivity index (χ0) is 17.1. The van der Waals surface area contributed by atoms with Crippen molar-refractivity contribution in [1.29, 1.82) is 0 Å². The monoisotopic (exact) mass is 327 g/mol. The molecule has 1 fully saturated rings. The van der Waals surface area contributed by atoms with E-state index in [4.69, 9.17) is 4.99 Å². The summed E-state index contributed by atoms with van der Waals surface area (Å²) in [7, 11) is 0. The van der Waals surface area contributed by atoms with Gasteiger partial charge in [0.05, 0.1) is 11.7 Å². The van der Waals surface area contributed by atoms with Crippen molar-refractivity contribution in [2.24, 2.45) is 4.99 Å². The Morgan fingerprint density at radius 3 is 2.12 bits per heavy atom. The van der Waals surface area contributed by atoms with E-state index in [0.717, 1.165) is 29.2 Å². The molecule has 3 heteroatoms. The molecule has 25 heavy (non-hydrogen) atoms. The fourth-order valence-corrected chi connectivity index (χ4v) is 3.20. The fraction of sp³-hybridized carbons (Fsp3) is 0.136. The molecule has 0 aromatic heterocycles. The first-order valence-corrected chi connectivity index (χ1v) is 8.49. The standard InChI is InChI=1S/C22H19N2O/c25-16-17-11-13-18(14-12-17)21-15-22(23-19-7-3-1-4-8-19)24(21)20-9-5-2-6-10-20/h1-14,21H,15-16H2/q-1. The summed E-state index contributed by atoms with van der Waals surface area (Å²) in [6, 6.07) is 28.6. The summed E-state index contributed by atoms with van der Waals surface area (Å²) >= 11 is 0.